The largest absolute Gasteiger partial charge is 0.412 e. The van der Waals surface area contributed by atoms with Gasteiger partial charge in [0.1, 0.15) is 0 Å². The van der Waals surface area contributed by atoms with Crippen LogP contribution in [0.3, 0.4) is 0 Å². The Morgan fingerprint density at radius 3 is 2.57 bits per heavy atom. The van der Waals surface area contributed by atoms with Gasteiger partial charge in [0.15, 0.2) is 0 Å². The summed E-state index contributed by atoms with van der Waals surface area (Å²) in [6.45, 7) is 8.56. The third-order valence-electron chi connectivity index (χ3n) is 6.19. The van der Waals surface area contributed by atoms with Crippen molar-refractivity contribution in [3.05, 3.63) is 102 Å². The molecule has 2 N–H and O–H groups in total. The van der Waals surface area contributed by atoms with Crippen LogP contribution in [-0.2, 0) is 6.42 Å². The van der Waals surface area contributed by atoms with Crippen LogP contribution in [0.5, 0.6) is 0 Å². The van der Waals surface area contributed by atoms with E-state index in [4.69, 9.17) is 0 Å². The first-order valence-electron chi connectivity index (χ1n) is 10.1. The van der Waals surface area contributed by atoms with Gasteiger partial charge in [-0.25, -0.2) is 0 Å². The fourth-order valence-corrected chi connectivity index (χ4v) is 4.56. The van der Waals surface area contributed by atoms with Crippen molar-refractivity contribution in [3.8, 4) is 0 Å². The third kappa shape index (κ3) is 3.68. The molecule has 0 aliphatic heterocycles. The Hall–Kier alpha value is -2.64. The highest BCUT2D eigenvalue weighted by Crippen LogP contribution is 2.43. The van der Waals surface area contributed by atoms with E-state index in [0.29, 0.717) is 17.8 Å². The van der Waals surface area contributed by atoms with E-state index in [1.165, 1.54) is 33.9 Å². The topological polar surface area (TPSA) is 31.5 Å². The molecule has 1 heteroatoms. The second-order valence-electron chi connectivity index (χ2n) is 7.94. The van der Waals surface area contributed by atoms with Crippen molar-refractivity contribution in [1.82, 2.24) is 0 Å². The van der Waals surface area contributed by atoms with Crippen LogP contribution in [0, 0.1) is 5.92 Å². The summed E-state index contributed by atoms with van der Waals surface area (Å²) in [5.41, 5.74) is 5.74. The molecule has 1 aliphatic rings. The third-order valence-corrected chi connectivity index (χ3v) is 6.19. The fourth-order valence-electron chi connectivity index (χ4n) is 4.56. The summed E-state index contributed by atoms with van der Waals surface area (Å²) in [5, 5.41) is 2.90. The van der Waals surface area contributed by atoms with Crippen LogP contribution in [0.25, 0.3) is 16.8 Å². The molecule has 0 spiro atoms. The molecule has 0 saturated heterocycles. The van der Waals surface area contributed by atoms with Crippen molar-refractivity contribution in [2.24, 2.45) is 5.92 Å². The Balaban J connectivity index is 0.00000150. The monoisotopic (exact) mass is 372 g/mol. The van der Waals surface area contributed by atoms with Crippen LogP contribution >= 0.6 is 0 Å². The highest BCUT2D eigenvalue weighted by molar-refractivity contribution is 5.91. The zero-order chi connectivity index (χ0) is 18.8. The molecule has 146 valence electrons. The van der Waals surface area contributed by atoms with Crippen molar-refractivity contribution >= 4 is 16.8 Å². The Morgan fingerprint density at radius 2 is 1.79 bits per heavy atom. The lowest BCUT2D eigenvalue weighted by molar-refractivity contribution is 0.473. The summed E-state index contributed by atoms with van der Waals surface area (Å²) in [4.78, 5) is 0. The summed E-state index contributed by atoms with van der Waals surface area (Å²) >= 11 is 0. The average Bonchev–Trinajstić information content (AvgIpc) is 3.09. The van der Waals surface area contributed by atoms with E-state index in [2.05, 4.69) is 93.2 Å². The highest BCUT2D eigenvalue weighted by atomic mass is 16.0. The first-order chi connectivity index (χ1) is 13.2. The molecular formula is C27H32O. The van der Waals surface area contributed by atoms with Crippen molar-refractivity contribution in [2.75, 3.05) is 0 Å². The van der Waals surface area contributed by atoms with Gasteiger partial charge < -0.3 is 5.48 Å². The zero-order valence-corrected chi connectivity index (χ0v) is 16.9. The second kappa shape index (κ2) is 8.58. The van der Waals surface area contributed by atoms with Gasteiger partial charge in [-0.2, -0.15) is 0 Å². The fraction of sp³-hybridized carbons (Fsp3) is 0.259. The summed E-state index contributed by atoms with van der Waals surface area (Å²) in [6, 6.07) is 22.2. The van der Waals surface area contributed by atoms with E-state index >= 15 is 0 Å². The highest BCUT2D eigenvalue weighted by Gasteiger charge is 2.27. The van der Waals surface area contributed by atoms with Crippen molar-refractivity contribution < 1.29 is 6.90 Å². The van der Waals surface area contributed by atoms with Gasteiger partial charge in [-0.1, -0.05) is 92.7 Å². The lowest BCUT2D eigenvalue weighted by Crippen LogP contribution is -2.08. The quantitative estimate of drug-likeness (QED) is 0.420. The van der Waals surface area contributed by atoms with Gasteiger partial charge in [0.05, 0.1) is 0 Å². The molecule has 0 saturated carbocycles. The van der Waals surface area contributed by atoms with Gasteiger partial charge in [0.25, 0.3) is 0 Å². The molecule has 3 atom stereocenters. The van der Waals surface area contributed by atoms with Gasteiger partial charge >= 0.3 is 0 Å². The molecule has 0 heterocycles. The van der Waals surface area contributed by atoms with E-state index in [0.717, 1.165) is 6.42 Å². The maximum Gasteiger partial charge on any atom is 0 e. The maximum atomic E-state index is 3.95. The standard InChI is InChI=1S/C27H28.H2O.H2/c1-4-19(2)24-16-6-5-11-21(24)12-7-10-20(3)26-18-23-15-8-13-22-14-9-17-25(26)27(22)23;;/h4-9,11-17,19-20,26H,1,10,18H2,2-3H3;1H2;1H/b12-7-;;. The molecule has 3 unspecified atom stereocenters. The van der Waals surface area contributed by atoms with Gasteiger partial charge in [0, 0.05) is 1.43 Å². The first kappa shape index (κ1) is 20.1. The lowest BCUT2D eigenvalue weighted by Gasteiger charge is -2.19. The van der Waals surface area contributed by atoms with E-state index in [1.807, 2.05) is 6.08 Å². The second-order valence-corrected chi connectivity index (χ2v) is 7.94. The maximum absolute atomic E-state index is 3.95. The molecule has 3 aromatic carbocycles. The molecule has 28 heavy (non-hydrogen) atoms. The number of benzene rings is 3. The van der Waals surface area contributed by atoms with Crippen LogP contribution in [0.1, 0.15) is 55.8 Å². The zero-order valence-electron chi connectivity index (χ0n) is 16.9. The molecular weight excluding hydrogens is 340 g/mol. The molecule has 1 nitrogen and oxygen atoms in total. The summed E-state index contributed by atoms with van der Waals surface area (Å²) in [5.74, 6) is 1.63. The minimum absolute atomic E-state index is 0. The minimum atomic E-state index is 0. The Bertz CT molecular complexity index is 999. The normalized spacial score (nSPS) is 17.4. The molecule has 3 aromatic rings. The van der Waals surface area contributed by atoms with E-state index in [1.54, 1.807) is 5.56 Å². The van der Waals surface area contributed by atoms with Crippen molar-refractivity contribution in [1.29, 1.82) is 0 Å². The molecule has 0 amide bonds. The molecule has 0 aromatic heterocycles. The number of rotatable bonds is 6. The predicted molar refractivity (Wildman–Crippen MR) is 124 cm³/mol. The summed E-state index contributed by atoms with van der Waals surface area (Å²) in [7, 11) is 0. The van der Waals surface area contributed by atoms with Crippen molar-refractivity contribution in [2.45, 2.75) is 38.5 Å². The lowest BCUT2D eigenvalue weighted by atomic mass is 9.85. The SMILES string of the molecule is C=CC(C)c1ccccc1/C=C\CC(C)C1Cc2cccc3cccc1c23.O.[HH]. The summed E-state index contributed by atoms with van der Waals surface area (Å²) in [6.07, 6.45) is 8.96. The van der Waals surface area contributed by atoms with Gasteiger partial charge in [-0.15, -0.1) is 6.58 Å². The Morgan fingerprint density at radius 1 is 1.04 bits per heavy atom. The Kier molecular flexibility index (Phi) is 6.16. The van der Waals surface area contributed by atoms with Crippen LogP contribution in [0.15, 0.2) is 79.4 Å². The summed E-state index contributed by atoms with van der Waals surface area (Å²) < 4.78 is 0. The van der Waals surface area contributed by atoms with Crippen LogP contribution in [0.2, 0.25) is 0 Å². The predicted octanol–water partition coefficient (Wildman–Crippen LogP) is 6.93. The number of hydrogen-bond acceptors (Lipinski definition) is 0. The van der Waals surface area contributed by atoms with Crippen LogP contribution in [-0.4, -0.2) is 5.48 Å². The number of hydrogen-bond donors (Lipinski definition) is 0. The van der Waals surface area contributed by atoms with Gasteiger partial charge in [-0.3, -0.25) is 0 Å². The molecule has 4 rings (SSSR count). The molecule has 0 radical (unpaired) electrons. The molecule has 0 bridgehead atoms. The van der Waals surface area contributed by atoms with Gasteiger partial charge in [0.2, 0.25) is 0 Å². The van der Waals surface area contributed by atoms with Crippen LogP contribution in [0.4, 0.5) is 0 Å². The van der Waals surface area contributed by atoms with Gasteiger partial charge in [-0.05, 0) is 63.6 Å². The smallest absolute Gasteiger partial charge is 0 e. The van der Waals surface area contributed by atoms with E-state index in [9.17, 15) is 0 Å². The Labute approximate surface area is 170 Å². The molecule has 1 aliphatic carbocycles. The van der Waals surface area contributed by atoms with E-state index in [-0.39, 0.29) is 6.90 Å². The van der Waals surface area contributed by atoms with E-state index < -0.39 is 0 Å². The molecule has 0 fully saturated rings. The van der Waals surface area contributed by atoms with Crippen LogP contribution < -0.4 is 0 Å². The minimum Gasteiger partial charge on any atom is -0.412 e. The van der Waals surface area contributed by atoms with Crippen molar-refractivity contribution in [3.63, 3.8) is 0 Å². The first-order valence-corrected chi connectivity index (χ1v) is 10.1. The average molecular weight is 373 g/mol. The number of allylic oxidation sites excluding steroid dienone is 2.